The second-order valence-electron chi connectivity index (χ2n) is 8.14. The number of rotatable bonds is 6. The number of pyridine rings is 1. The van der Waals surface area contributed by atoms with Crippen LogP contribution in [0.15, 0.2) is 41.1 Å². The highest BCUT2D eigenvalue weighted by Crippen LogP contribution is 2.32. The number of hydrogen-bond donors (Lipinski definition) is 1. The fraction of sp³-hybridized carbons (Fsp3) is 0.500. The van der Waals surface area contributed by atoms with Crippen LogP contribution in [-0.2, 0) is 4.74 Å². The standard InChI is InChI=1S/C19H19N5O4.C4H10.C3H8/c1-25-19-13-8-16(28-15(13)4-5-21-19)14-10-22-17-2-3-18(23-24(14)17)27-11-12-9-20-6-7-26-12;1-3-4-2;1-3-2/h2-5,8,10,12,20H,6-7,9,11H2,1H3;3-4H2,1-2H3;3H2,1-2H3. The van der Waals surface area contributed by atoms with Gasteiger partial charge in [-0.1, -0.05) is 47.0 Å². The van der Waals surface area contributed by atoms with Gasteiger partial charge in [0.2, 0.25) is 11.8 Å². The zero-order chi connectivity index (χ0) is 25.0. The highest BCUT2D eigenvalue weighted by molar-refractivity contribution is 5.86. The summed E-state index contributed by atoms with van der Waals surface area (Å²) in [5.41, 5.74) is 2.10. The van der Waals surface area contributed by atoms with Crippen LogP contribution in [0.2, 0.25) is 0 Å². The van der Waals surface area contributed by atoms with Crippen molar-refractivity contribution < 1.29 is 18.6 Å². The molecule has 1 atom stereocenters. The lowest BCUT2D eigenvalue weighted by molar-refractivity contribution is -0.000968. The van der Waals surface area contributed by atoms with Crippen molar-refractivity contribution in [1.82, 2.24) is 24.9 Å². The van der Waals surface area contributed by atoms with Gasteiger partial charge in [0.1, 0.15) is 24.0 Å². The van der Waals surface area contributed by atoms with E-state index >= 15 is 0 Å². The van der Waals surface area contributed by atoms with Crippen LogP contribution in [0.4, 0.5) is 0 Å². The van der Waals surface area contributed by atoms with Crippen LogP contribution < -0.4 is 14.8 Å². The van der Waals surface area contributed by atoms with Crippen molar-refractivity contribution in [3.8, 4) is 23.2 Å². The van der Waals surface area contributed by atoms with Gasteiger partial charge in [0.25, 0.3) is 0 Å². The molecule has 0 aliphatic carbocycles. The maximum Gasteiger partial charge on any atom is 0.231 e. The van der Waals surface area contributed by atoms with E-state index in [-0.39, 0.29) is 6.10 Å². The van der Waals surface area contributed by atoms with Crippen molar-refractivity contribution in [1.29, 1.82) is 0 Å². The summed E-state index contributed by atoms with van der Waals surface area (Å²) in [7, 11) is 1.58. The molecular formula is C26H37N5O4. The summed E-state index contributed by atoms with van der Waals surface area (Å²) in [6.07, 6.45) is 7.27. The van der Waals surface area contributed by atoms with Gasteiger partial charge in [0.15, 0.2) is 11.4 Å². The molecule has 1 fully saturated rings. The Kier molecular flexibility index (Phi) is 10.3. The number of aromatic nitrogens is 4. The fourth-order valence-corrected chi connectivity index (χ4v) is 3.23. The monoisotopic (exact) mass is 483 g/mol. The smallest absolute Gasteiger partial charge is 0.231 e. The molecule has 4 aromatic rings. The summed E-state index contributed by atoms with van der Waals surface area (Å²) in [5, 5.41) is 8.63. The minimum atomic E-state index is 0.0174. The zero-order valence-electron chi connectivity index (χ0n) is 21.4. The molecule has 190 valence electrons. The lowest BCUT2D eigenvalue weighted by Gasteiger charge is -2.23. The van der Waals surface area contributed by atoms with Crippen molar-refractivity contribution in [3.05, 3.63) is 36.7 Å². The third-order valence-corrected chi connectivity index (χ3v) is 5.11. The molecule has 5 heterocycles. The van der Waals surface area contributed by atoms with Gasteiger partial charge in [-0.3, -0.25) is 0 Å². The number of hydrogen-bond acceptors (Lipinski definition) is 8. The number of nitrogens with zero attached hydrogens (tertiary/aromatic N) is 4. The van der Waals surface area contributed by atoms with Crippen molar-refractivity contribution in [2.24, 2.45) is 0 Å². The second kappa shape index (κ2) is 13.7. The quantitative estimate of drug-likeness (QED) is 0.403. The van der Waals surface area contributed by atoms with E-state index in [0.29, 0.717) is 47.7 Å². The Bertz CT molecular complexity index is 1170. The molecule has 35 heavy (non-hydrogen) atoms. The molecule has 0 spiro atoms. The van der Waals surface area contributed by atoms with Crippen molar-refractivity contribution in [2.75, 3.05) is 33.4 Å². The SMILES string of the molecule is CCC.CCCC.COc1nccc2oc(-c3cnc4ccc(OCC5CNCCO5)nn34)cc12. The third-order valence-electron chi connectivity index (χ3n) is 5.11. The zero-order valence-corrected chi connectivity index (χ0v) is 21.4. The Morgan fingerprint density at radius 3 is 2.60 bits per heavy atom. The first-order valence-electron chi connectivity index (χ1n) is 12.4. The van der Waals surface area contributed by atoms with E-state index in [1.165, 1.54) is 19.3 Å². The number of nitrogens with one attached hydrogen (secondary N) is 1. The third kappa shape index (κ3) is 6.93. The van der Waals surface area contributed by atoms with E-state index in [0.717, 1.165) is 18.5 Å². The van der Waals surface area contributed by atoms with Gasteiger partial charge >= 0.3 is 0 Å². The Hall–Kier alpha value is -3.17. The number of morpholine rings is 1. The van der Waals surface area contributed by atoms with Crippen molar-refractivity contribution >= 4 is 16.6 Å². The summed E-state index contributed by atoms with van der Waals surface area (Å²) in [4.78, 5) is 8.61. The van der Waals surface area contributed by atoms with Gasteiger partial charge in [-0.25, -0.2) is 14.5 Å². The topological polar surface area (TPSA) is 95.9 Å². The molecule has 1 aliphatic heterocycles. The minimum Gasteiger partial charge on any atom is -0.480 e. The van der Waals surface area contributed by atoms with Gasteiger partial charge < -0.3 is 23.9 Å². The molecule has 0 amide bonds. The molecule has 0 aromatic carbocycles. The first-order valence-corrected chi connectivity index (χ1v) is 12.4. The fourth-order valence-electron chi connectivity index (χ4n) is 3.23. The first-order chi connectivity index (χ1) is 17.1. The van der Waals surface area contributed by atoms with E-state index in [9.17, 15) is 0 Å². The summed E-state index contributed by atoms with van der Waals surface area (Å²) in [6, 6.07) is 7.33. The van der Waals surface area contributed by atoms with Crippen LogP contribution in [-0.4, -0.2) is 59.1 Å². The largest absolute Gasteiger partial charge is 0.480 e. The van der Waals surface area contributed by atoms with E-state index in [1.807, 2.05) is 12.1 Å². The predicted molar refractivity (Wildman–Crippen MR) is 137 cm³/mol. The molecule has 0 saturated carbocycles. The van der Waals surface area contributed by atoms with Crippen molar-refractivity contribution in [3.63, 3.8) is 0 Å². The number of unbranched alkanes of at least 4 members (excludes halogenated alkanes) is 1. The average Bonchev–Trinajstić information content (AvgIpc) is 3.52. The highest BCUT2D eigenvalue weighted by Gasteiger charge is 2.17. The van der Waals surface area contributed by atoms with Crippen LogP contribution in [0.25, 0.3) is 28.1 Å². The molecule has 9 nitrogen and oxygen atoms in total. The molecule has 0 bridgehead atoms. The van der Waals surface area contributed by atoms with Gasteiger partial charge in [-0.15, -0.1) is 5.10 Å². The lowest BCUT2D eigenvalue weighted by atomic mass is 10.3. The Labute approximate surface area is 206 Å². The molecule has 1 N–H and O–H groups in total. The molecule has 1 aliphatic rings. The highest BCUT2D eigenvalue weighted by atomic mass is 16.5. The van der Waals surface area contributed by atoms with Crippen molar-refractivity contribution in [2.45, 2.75) is 53.1 Å². The van der Waals surface area contributed by atoms with Crippen LogP contribution in [0, 0.1) is 0 Å². The number of ether oxygens (including phenoxy) is 3. The molecule has 5 rings (SSSR count). The van der Waals surface area contributed by atoms with Gasteiger partial charge in [0.05, 0.1) is 25.3 Å². The summed E-state index contributed by atoms with van der Waals surface area (Å²) < 4.78 is 24.5. The number of methoxy groups -OCH3 is 1. The molecular weight excluding hydrogens is 446 g/mol. The predicted octanol–water partition coefficient (Wildman–Crippen LogP) is 5.14. The molecule has 1 unspecified atom stereocenters. The molecule has 4 aromatic heterocycles. The summed E-state index contributed by atoms with van der Waals surface area (Å²) in [6.45, 7) is 11.4. The number of fused-ring (bicyclic) bond motifs is 2. The Balaban J connectivity index is 0.000000438. The number of imidazole rings is 1. The minimum absolute atomic E-state index is 0.0174. The normalized spacial score (nSPS) is 15.2. The second-order valence-corrected chi connectivity index (χ2v) is 8.14. The maximum atomic E-state index is 5.97. The lowest BCUT2D eigenvalue weighted by Crippen LogP contribution is -2.41. The van der Waals surface area contributed by atoms with Crippen LogP contribution in [0.5, 0.6) is 11.8 Å². The van der Waals surface area contributed by atoms with Gasteiger partial charge in [-0.2, -0.15) is 0 Å². The van der Waals surface area contributed by atoms with E-state index in [2.05, 4.69) is 48.1 Å². The van der Waals surface area contributed by atoms with E-state index in [4.69, 9.17) is 18.6 Å². The molecule has 1 saturated heterocycles. The first kappa shape index (κ1) is 26.4. The Morgan fingerprint density at radius 1 is 1.11 bits per heavy atom. The van der Waals surface area contributed by atoms with E-state index in [1.54, 1.807) is 36.2 Å². The van der Waals surface area contributed by atoms with Crippen LogP contribution >= 0.6 is 0 Å². The molecule has 9 heteroatoms. The van der Waals surface area contributed by atoms with Crippen LogP contribution in [0.1, 0.15) is 47.0 Å². The van der Waals surface area contributed by atoms with E-state index < -0.39 is 0 Å². The number of furan rings is 1. The molecule has 0 radical (unpaired) electrons. The Morgan fingerprint density at radius 2 is 1.91 bits per heavy atom. The summed E-state index contributed by atoms with van der Waals surface area (Å²) in [5.74, 6) is 1.63. The van der Waals surface area contributed by atoms with Gasteiger partial charge in [0, 0.05) is 31.4 Å². The van der Waals surface area contributed by atoms with Gasteiger partial charge in [-0.05, 0) is 12.1 Å². The maximum absolute atomic E-state index is 5.97. The van der Waals surface area contributed by atoms with Crippen LogP contribution in [0.3, 0.4) is 0 Å². The average molecular weight is 484 g/mol. The summed E-state index contributed by atoms with van der Waals surface area (Å²) >= 11 is 0.